The molecule has 0 radical (unpaired) electrons. The lowest BCUT2D eigenvalue weighted by Crippen LogP contribution is -2.37. The molecule has 10 heteroatoms. The highest BCUT2D eigenvalue weighted by Crippen LogP contribution is 2.38. The summed E-state index contributed by atoms with van der Waals surface area (Å²) in [6.45, 7) is 4.03. The number of hydrogen-bond acceptors (Lipinski definition) is 8. The van der Waals surface area contributed by atoms with E-state index in [1.165, 1.54) is 109 Å². The minimum Gasteiger partial charge on any atom is -0.756 e. The molecule has 0 saturated heterocycles. The fourth-order valence-electron chi connectivity index (χ4n) is 5.29. The Bertz CT molecular complexity index is 1030. The summed E-state index contributed by atoms with van der Waals surface area (Å²) in [4.78, 5) is 37.2. The van der Waals surface area contributed by atoms with Crippen molar-refractivity contribution in [2.24, 2.45) is 0 Å². The van der Waals surface area contributed by atoms with E-state index in [9.17, 15) is 19.0 Å². The lowest BCUT2D eigenvalue weighted by atomic mass is 10.0. The van der Waals surface area contributed by atoms with Gasteiger partial charge in [0.25, 0.3) is 7.82 Å². The van der Waals surface area contributed by atoms with Gasteiger partial charge in [-0.3, -0.25) is 9.36 Å². The minimum atomic E-state index is -4.65. The number of nitrogens with zero attached hydrogens (tertiary/aromatic N) is 1. The Kier molecular flexibility index (Phi) is 33.4. The van der Waals surface area contributed by atoms with Gasteiger partial charge in [-0.25, -0.2) is 4.79 Å². The maximum absolute atomic E-state index is 12.6. The molecule has 0 aromatic carbocycles. The molecular weight excluding hydrogens is 677 g/mol. The number of phosphoric ester groups is 1. The Labute approximate surface area is 318 Å². The molecule has 0 aliphatic rings. The largest absolute Gasteiger partial charge is 0.756 e. The SMILES string of the molecule is CCCCCCCCC/C=C\C=C\C=CC=CC(=O)OC[C@H](COP(=O)([O-])OCC[N+](C)(C)C)OC(=O)CCCCCCCCCCCCCCC. The van der Waals surface area contributed by atoms with Crippen molar-refractivity contribution in [2.45, 2.75) is 161 Å². The molecule has 0 aromatic rings. The van der Waals surface area contributed by atoms with Crippen LogP contribution in [-0.4, -0.2) is 70.0 Å². The summed E-state index contributed by atoms with van der Waals surface area (Å²) in [5.41, 5.74) is 0. The van der Waals surface area contributed by atoms with Crippen molar-refractivity contribution in [3.8, 4) is 0 Å². The minimum absolute atomic E-state index is 0.0498. The van der Waals surface area contributed by atoms with Gasteiger partial charge in [-0.2, -0.15) is 0 Å². The van der Waals surface area contributed by atoms with Gasteiger partial charge in [0, 0.05) is 12.5 Å². The van der Waals surface area contributed by atoms with E-state index in [2.05, 4.69) is 19.9 Å². The number of carbonyl (C=O) groups is 2. The summed E-state index contributed by atoms with van der Waals surface area (Å²) in [7, 11) is 1.10. The average Bonchev–Trinajstić information content (AvgIpc) is 3.09. The summed E-state index contributed by atoms with van der Waals surface area (Å²) >= 11 is 0. The van der Waals surface area contributed by atoms with Crippen LogP contribution in [0, 0.1) is 0 Å². The van der Waals surface area contributed by atoms with E-state index in [0.29, 0.717) is 17.4 Å². The normalized spacial score (nSPS) is 14.2. The molecular formula is C42H76NO8P. The number of quaternary nitrogens is 1. The van der Waals surface area contributed by atoms with Gasteiger partial charge < -0.3 is 27.9 Å². The van der Waals surface area contributed by atoms with Crippen LogP contribution in [-0.2, 0) is 32.7 Å². The quantitative estimate of drug-likeness (QED) is 0.0155. The van der Waals surface area contributed by atoms with Crippen LogP contribution < -0.4 is 4.89 Å². The van der Waals surface area contributed by atoms with Crippen molar-refractivity contribution in [1.82, 2.24) is 0 Å². The zero-order valence-corrected chi connectivity index (χ0v) is 34.6. The Morgan fingerprint density at radius 1 is 0.635 bits per heavy atom. The zero-order chi connectivity index (χ0) is 38.6. The van der Waals surface area contributed by atoms with E-state index < -0.39 is 32.5 Å². The zero-order valence-electron chi connectivity index (χ0n) is 33.7. The molecule has 0 aromatic heterocycles. The number of likely N-dealkylation sites (N-methyl/N-ethyl adjacent to an activating group) is 1. The smallest absolute Gasteiger partial charge is 0.330 e. The first kappa shape index (κ1) is 50.0. The van der Waals surface area contributed by atoms with Crippen LogP contribution in [0.15, 0.2) is 48.6 Å². The van der Waals surface area contributed by atoms with Gasteiger partial charge in [-0.15, -0.1) is 0 Å². The molecule has 0 heterocycles. The van der Waals surface area contributed by atoms with Crippen molar-refractivity contribution in [2.75, 3.05) is 47.5 Å². The number of unbranched alkanes of at least 4 members (excludes halogenated alkanes) is 19. The monoisotopic (exact) mass is 754 g/mol. The van der Waals surface area contributed by atoms with Gasteiger partial charge in [0.05, 0.1) is 27.7 Å². The highest BCUT2D eigenvalue weighted by Gasteiger charge is 2.21. The maximum atomic E-state index is 12.6. The Morgan fingerprint density at radius 3 is 1.65 bits per heavy atom. The molecule has 0 saturated carbocycles. The number of rotatable bonds is 36. The van der Waals surface area contributed by atoms with Gasteiger partial charge in [0.2, 0.25) is 0 Å². The second-order valence-electron chi connectivity index (χ2n) is 14.8. The summed E-state index contributed by atoms with van der Waals surface area (Å²) in [5.74, 6) is -1.13. The third-order valence-corrected chi connectivity index (χ3v) is 9.49. The molecule has 0 fully saturated rings. The van der Waals surface area contributed by atoms with Crippen LogP contribution in [0.3, 0.4) is 0 Å². The molecule has 2 atom stereocenters. The van der Waals surface area contributed by atoms with Gasteiger partial charge in [-0.1, -0.05) is 172 Å². The lowest BCUT2D eigenvalue weighted by molar-refractivity contribution is -0.870. The number of phosphoric acid groups is 1. The fourth-order valence-corrected chi connectivity index (χ4v) is 6.02. The highest BCUT2D eigenvalue weighted by atomic mass is 31.2. The highest BCUT2D eigenvalue weighted by molar-refractivity contribution is 7.45. The first-order chi connectivity index (χ1) is 25.0. The first-order valence-corrected chi connectivity index (χ1v) is 21.9. The summed E-state index contributed by atoms with van der Waals surface area (Å²) in [6, 6.07) is 0. The number of carbonyl (C=O) groups excluding carboxylic acids is 2. The van der Waals surface area contributed by atoms with Crippen LogP contribution in [0.25, 0.3) is 0 Å². The number of esters is 2. The molecule has 0 rings (SSSR count). The molecule has 9 nitrogen and oxygen atoms in total. The second-order valence-corrected chi connectivity index (χ2v) is 16.2. The van der Waals surface area contributed by atoms with E-state index in [-0.39, 0.29) is 19.6 Å². The Balaban J connectivity index is 4.60. The van der Waals surface area contributed by atoms with E-state index in [0.717, 1.165) is 25.7 Å². The van der Waals surface area contributed by atoms with Crippen molar-refractivity contribution in [1.29, 1.82) is 0 Å². The molecule has 1 unspecified atom stereocenters. The van der Waals surface area contributed by atoms with Crippen molar-refractivity contribution < 1.29 is 42.1 Å². The molecule has 0 N–H and O–H groups in total. The number of allylic oxidation sites excluding steroid dienone is 7. The maximum Gasteiger partial charge on any atom is 0.330 e. The predicted octanol–water partition coefficient (Wildman–Crippen LogP) is 10.5. The molecule has 0 bridgehead atoms. The van der Waals surface area contributed by atoms with Gasteiger partial charge in [0.15, 0.2) is 6.10 Å². The van der Waals surface area contributed by atoms with Crippen LogP contribution >= 0.6 is 7.82 Å². The molecule has 52 heavy (non-hydrogen) atoms. The Hall–Kier alpha value is -2.03. The third kappa shape index (κ3) is 37.7. The standard InChI is InChI=1S/C42H76NO8P/c1-6-8-10-12-14-16-18-20-21-23-24-26-28-30-32-34-41(44)48-38-40(39-50-52(46,47)49-37-36-43(3,4)5)51-42(45)35-33-31-29-27-25-22-19-17-15-13-11-9-7-2/h21,23-24,26,28,30,32,34,40H,6-20,22,25,27,29,31,33,35-39H2,1-5H3/b23-21-,26-24+,30-28?,34-32?/t40-/m1/s1. The van der Waals surface area contributed by atoms with Crippen LogP contribution in [0.1, 0.15) is 155 Å². The first-order valence-electron chi connectivity index (χ1n) is 20.4. The van der Waals surface area contributed by atoms with Crippen LogP contribution in [0.2, 0.25) is 0 Å². The molecule has 0 amide bonds. The predicted molar refractivity (Wildman–Crippen MR) is 213 cm³/mol. The number of ether oxygens (including phenoxy) is 2. The summed E-state index contributed by atoms with van der Waals surface area (Å²) < 4.78 is 33.6. The van der Waals surface area contributed by atoms with E-state index in [1.54, 1.807) is 18.2 Å². The van der Waals surface area contributed by atoms with Crippen LogP contribution in [0.5, 0.6) is 0 Å². The van der Waals surface area contributed by atoms with Crippen molar-refractivity contribution >= 4 is 19.8 Å². The van der Waals surface area contributed by atoms with Crippen molar-refractivity contribution in [3.05, 3.63) is 48.6 Å². The van der Waals surface area contributed by atoms with Gasteiger partial charge in [0.1, 0.15) is 19.8 Å². The average molecular weight is 754 g/mol. The van der Waals surface area contributed by atoms with E-state index in [1.807, 2.05) is 39.4 Å². The van der Waals surface area contributed by atoms with Crippen LogP contribution in [0.4, 0.5) is 0 Å². The molecule has 0 aliphatic heterocycles. The lowest BCUT2D eigenvalue weighted by Gasteiger charge is -2.28. The summed E-state index contributed by atoms with van der Waals surface area (Å²) in [5, 5.41) is 0. The third-order valence-electron chi connectivity index (χ3n) is 8.52. The van der Waals surface area contributed by atoms with Gasteiger partial charge >= 0.3 is 11.9 Å². The number of hydrogen-bond donors (Lipinski definition) is 0. The Morgan fingerprint density at radius 2 is 1.12 bits per heavy atom. The molecule has 0 aliphatic carbocycles. The summed E-state index contributed by atoms with van der Waals surface area (Å²) in [6.07, 6.45) is 39.2. The van der Waals surface area contributed by atoms with E-state index >= 15 is 0 Å². The van der Waals surface area contributed by atoms with Crippen molar-refractivity contribution in [3.63, 3.8) is 0 Å². The molecule has 302 valence electrons. The van der Waals surface area contributed by atoms with E-state index in [4.69, 9.17) is 18.5 Å². The fraction of sp³-hybridized carbons (Fsp3) is 0.762. The van der Waals surface area contributed by atoms with Gasteiger partial charge in [-0.05, 0) is 19.3 Å². The topological polar surface area (TPSA) is 111 Å². The molecule has 0 spiro atoms. The second kappa shape index (κ2) is 34.7.